The van der Waals surface area contributed by atoms with Crippen LogP contribution in [0.15, 0.2) is 23.5 Å². The molecule has 0 spiro atoms. The van der Waals surface area contributed by atoms with Gasteiger partial charge in [-0.25, -0.2) is 14.8 Å². The van der Waals surface area contributed by atoms with Crippen LogP contribution in [0.4, 0.5) is 22.0 Å². The van der Waals surface area contributed by atoms with Gasteiger partial charge in [0.05, 0.1) is 17.7 Å². The first-order valence-electron chi connectivity index (χ1n) is 10.00. The molecule has 162 valence electrons. The molecule has 5 N–H and O–H groups in total. The summed E-state index contributed by atoms with van der Waals surface area (Å²) in [6.45, 7) is 2.42. The normalized spacial score (nSPS) is 15.7. The zero-order valence-corrected chi connectivity index (χ0v) is 18.1. The molecule has 1 amide bonds. The average molecular weight is 441 g/mol. The topological polar surface area (TPSA) is 135 Å². The fourth-order valence-corrected chi connectivity index (χ4v) is 5.13. The van der Waals surface area contributed by atoms with Crippen molar-refractivity contribution in [2.24, 2.45) is 4.99 Å². The number of nitrogens with two attached hydrogens (primary N) is 1. The van der Waals surface area contributed by atoms with E-state index in [4.69, 9.17) is 15.6 Å². The lowest BCUT2D eigenvalue weighted by Gasteiger charge is -2.22. The highest BCUT2D eigenvalue weighted by Crippen LogP contribution is 2.40. The van der Waals surface area contributed by atoms with Crippen molar-refractivity contribution in [3.05, 3.63) is 34.5 Å². The number of anilines is 3. The van der Waals surface area contributed by atoms with Gasteiger partial charge in [0.2, 0.25) is 0 Å². The number of aromatic nitrogens is 2. The summed E-state index contributed by atoms with van der Waals surface area (Å²) in [6, 6.07) is 3.60. The third kappa shape index (κ3) is 4.24. The number of rotatable bonds is 6. The minimum atomic E-state index is -0.991. The Morgan fingerprint density at radius 1 is 1.45 bits per heavy atom. The second-order valence-corrected chi connectivity index (χ2v) is 8.30. The molecule has 9 nitrogen and oxygen atoms in total. The standard InChI is InChI=1S/C21H24N6O3S/c1-3-30-16-8-14(22)11(9-23-2)6-15(16)27-19-18-13-5-4-12(26-21(28)29)7-17(13)31-20(18)25-10-24-19/h6,8-10,12,26H,3-5,7,22H2,1-2H3,(H,28,29)(H,24,25,27). The summed E-state index contributed by atoms with van der Waals surface area (Å²) in [6.07, 6.45) is 4.40. The fourth-order valence-electron chi connectivity index (χ4n) is 3.87. The molecular weight excluding hydrogens is 416 g/mol. The number of carboxylic acid groups (broad SMARTS) is 1. The fraction of sp³-hybridized carbons (Fsp3) is 0.333. The Kier molecular flexibility index (Phi) is 5.90. The first-order chi connectivity index (χ1) is 15.0. The Balaban J connectivity index is 1.74. The van der Waals surface area contributed by atoms with Crippen LogP contribution in [0.25, 0.3) is 10.2 Å². The number of ether oxygens (including phenoxy) is 1. The molecule has 1 atom stereocenters. The van der Waals surface area contributed by atoms with Crippen molar-refractivity contribution in [1.82, 2.24) is 15.3 Å². The first kappa shape index (κ1) is 20.9. The number of fused-ring (bicyclic) bond motifs is 3. The quantitative estimate of drug-likeness (QED) is 0.340. The number of nitrogen functional groups attached to an aromatic ring is 1. The molecule has 2 aromatic heterocycles. The zero-order valence-electron chi connectivity index (χ0n) is 17.3. The van der Waals surface area contributed by atoms with Gasteiger partial charge in [-0.05, 0) is 31.4 Å². The Labute approximate surface area is 183 Å². The number of nitrogens with one attached hydrogen (secondary N) is 2. The third-order valence-corrected chi connectivity index (χ3v) is 6.34. The second-order valence-electron chi connectivity index (χ2n) is 7.22. The van der Waals surface area contributed by atoms with Gasteiger partial charge in [0.1, 0.15) is 22.7 Å². The number of hydrogen-bond acceptors (Lipinski definition) is 8. The van der Waals surface area contributed by atoms with Gasteiger partial charge in [0, 0.05) is 47.9 Å². The van der Waals surface area contributed by atoms with E-state index < -0.39 is 6.09 Å². The van der Waals surface area contributed by atoms with Gasteiger partial charge < -0.3 is 26.2 Å². The minimum Gasteiger partial charge on any atom is -0.492 e. The van der Waals surface area contributed by atoms with Crippen LogP contribution < -0.4 is 21.1 Å². The van der Waals surface area contributed by atoms with Gasteiger partial charge >= 0.3 is 6.09 Å². The van der Waals surface area contributed by atoms with Gasteiger partial charge in [-0.1, -0.05) is 0 Å². The predicted molar refractivity (Wildman–Crippen MR) is 123 cm³/mol. The summed E-state index contributed by atoms with van der Waals surface area (Å²) >= 11 is 1.59. The average Bonchev–Trinajstić information content (AvgIpc) is 3.09. The van der Waals surface area contributed by atoms with Crippen molar-refractivity contribution < 1.29 is 14.6 Å². The molecular formula is C21H24N6O3S. The Bertz CT molecular complexity index is 1160. The molecule has 0 bridgehead atoms. The van der Waals surface area contributed by atoms with Crippen LogP contribution in [0, 0.1) is 0 Å². The summed E-state index contributed by atoms with van der Waals surface area (Å²) in [5.74, 6) is 1.33. The highest BCUT2D eigenvalue weighted by Gasteiger charge is 2.26. The SMILES string of the molecule is CCOc1cc(N)c(C=NC)cc1Nc1ncnc2sc3c(c12)CCC(NC(=O)O)C3. The van der Waals surface area contributed by atoms with Crippen molar-refractivity contribution >= 4 is 51.1 Å². The summed E-state index contributed by atoms with van der Waals surface area (Å²) in [7, 11) is 1.70. The molecule has 0 radical (unpaired) electrons. The lowest BCUT2D eigenvalue weighted by Crippen LogP contribution is -2.37. The lowest BCUT2D eigenvalue weighted by molar-refractivity contribution is 0.188. The summed E-state index contributed by atoms with van der Waals surface area (Å²) in [4.78, 5) is 26.1. The number of aryl methyl sites for hydroxylation is 1. The van der Waals surface area contributed by atoms with Crippen LogP contribution in [-0.2, 0) is 12.8 Å². The molecule has 0 aliphatic heterocycles. The predicted octanol–water partition coefficient (Wildman–Crippen LogP) is 3.59. The van der Waals surface area contributed by atoms with E-state index in [9.17, 15) is 4.79 Å². The monoisotopic (exact) mass is 440 g/mol. The van der Waals surface area contributed by atoms with E-state index >= 15 is 0 Å². The molecule has 1 aliphatic carbocycles. The van der Waals surface area contributed by atoms with Gasteiger partial charge in [0.25, 0.3) is 0 Å². The molecule has 31 heavy (non-hydrogen) atoms. The molecule has 0 fully saturated rings. The molecule has 0 saturated carbocycles. The van der Waals surface area contributed by atoms with Crippen molar-refractivity contribution in [3.8, 4) is 5.75 Å². The van der Waals surface area contributed by atoms with Crippen LogP contribution in [0.5, 0.6) is 5.75 Å². The molecule has 2 heterocycles. The minimum absolute atomic E-state index is 0.0834. The number of aliphatic imine (C=N–C) groups is 1. The number of thiophene rings is 1. The van der Waals surface area contributed by atoms with E-state index in [2.05, 4.69) is 25.6 Å². The molecule has 1 aliphatic rings. The van der Waals surface area contributed by atoms with Gasteiger partial charge in [-0.3, -0.25) is 4.99 Å². The van der Waals surface area contributed by atoms with E-state index in [-0.39, 0.29) is 6.04 Å². The summed E-state index contributed by atoms with van der Waals surface area (Å²) in [5, 5.41) is 16.0. The molecule has 1 aromatic carbocycles. The number of nitrogens with zero attached hydrogens (tertiary/aromatic N) is 3. The number of carbonyl (C=O) groups is 1. The number of hydrogen-bond donors (Lipinski definition) is 4. The molecule has 1 unspecified atom stereocenters. The van der Waals surface area contributed by atoms with Crippen molar-refractivity contribution in [2.75, 3.05) is 24.7 Å². The smallest absolute Gasteiger partial charge is 0.404 e. The van der Waals surface area contributed by atoms with Crippen molar-refractivity contribution in [2.45, 2.75) is 32.2 Å². The maximum absolute atomic E-state index is 11.0. The Morgan fingerprint density at radius 2 is 2.29 bits per heavy atom. The van der Waals surface area contributed by atoms with Crippen molar-refractivity contribution in [3.63, 3.8) is 0 Å². The van der Waals surface area contributed by atoms with E-state index in [0.717, 1.165) is 39.2 Å². The third-order valence-electron chi connectivity index (χ3n) is 5.18. The van der Waals surface area contributed by atoms with E-state index in [1.165, 1.54) is 11.9 Å². The maximum Gasteiger partial charge on any atom is 0.404 e. The molecule has 0 saturated heterocycles. The van der Waals surface area contributed by atoms with Gasteiger partial charge in [0.15, 0.2) is 0 Å². The Morgan fingerprint density at radius 3 is 3.03 bits per heavy atom. The van der Waals surface area contributed by atoms with Crippen LogP contribution in [0.2, 0.25) is 0 Å². The highest BCUT2D eigenvalue weighted by molar-refractivity contribution is 7.19. The first-order valence-corrected chi connectivity index (χ1v) is 10.8. The lowest BCUT2D eigenvalue weighted by atomic mass is 9.93. The van der Waals surface area contributed by atoms with Gasteiger partial charge in [-0.15, -0.1) is 11.3 Å². The van der Waals surface area contributed by atoms with Crippen LogP contribution in [0.1, 0.15) is 29.3 Å². The highest BCUT2D eigenvalue weighted by atomic mass is 32.1. The Hall–Kier alpha value is -3.40. The maximum atomic E-state index is 11.0. The van der Waals surface area contributed by atoms with Gasteiger partial charge in [-0.2, -0.15) is 0 Å². The molecule has 3 aromatic rings. The largest absolute Gasteiger partial charge is 0.492 e. The molecule has 10 heteroatoms. The summed E-state index contributed by atoms with van der Waals surface area (Å²) in [5.41, 5.74) is 9.43. The van der Waals surface area contributed by atoms with Crippen LogP contribution in [0.3, 0.4) is 0 Å². The van der Waals surface area contributed by atoms with E-state index in [1.807, 2.05) is 13.0 Å². The number of amides is 1. The van der Waals surface area contributed by atoms with Crippen molar-refractivity contribution in [1.29, 1.82) is 0 Å². The van der Waals surface area contributed by atoms with E-state index in [0.29, 0.717) is 30.3 Å². The van der Waals surface area contributed by atoms with Crippen LogP contribution in [-0.4, -0.2) is 47.1 Å². The zero-order chi connectivity index (χ0) is 22.0. The number of benzene rings is 1. The molecule has 4 rings (SSSR count). The second kappa shape index (κ2) is 8.76. The summed E-state index contributed by atoms with van der Waals surface area (Å²) < 4.78 is 5.79. The van der Waals surface area contributed by atoms with E-state index in [1.54, 1.807) is 30.7 Å². The van der Waals surface area contributed by atoms with Crippen LogP contribution >= 0.6 is 11.3 Å².